The smallest absolute Gasteiger partial charge is 0.355 e. The molecule has 0 saturated carbocycles. The van der Waals surface area contributed by atoms with Crippen molar-refractivity contribution in [1.82, 2.24) is 20.0 Å². The number of H-pyrrole nitrogens is 1. The van der Waals surface area contributed by atoms with Gasteiger partial charge in [-0.3, -0.25) is 14.6 Å². The van der Waals surface area contributed by atoms with Crippen molar-refractivity contribution in [2.24, 2.45) is 12.8 Å². The van der Waals surface area contributed by atoms with Crippen molar-refractivity contribution in [2.75, 3.05) is 17.1 Å². The molecule has 212 valence electrons. The van der Waals surface area contributed by atoms with Crippen LogP contribution in [0.1, 0.15) is 28.9 Å². The van der Waals surface area contributed by atoms with Gasteiger partial charge in [-0.15, -0.1) is 0 Å². The lowest BCUT2D eigenvalue weighted by atomic mass is 10.1. The number of amides is 1. The van der Waals surface area contributed by atoms with Crippen molar-refractivity contribution in [3.8, 4) is 22.9 Å². The highest BCUT2D eigenvalue weighted by atomic mass is 32.2. The molecule has 2 heterocycles. The number of methoxy groups -OCH3 is 1. The number of carbonyl (C=O) groups excluding carboxylic acids is 1. The van der Waals surface area contributed by atoms with E-state index in [1.165, 1.54) is 54.3 Å². The first-order chi connectivity index (χ1) is 18.9. The molecule has 0 spiro atoms. The number of nitrogens with zero attached hydrogens (tertiary/aromatic N) is 3. The van der Waals surface area contributed by atoms with E-state index in [4.69, 9.17) is 15.2 Å². The standard InChI is InChI=1S/C24H24F3N7O5S/c1-12(13-4-7-15(25)8-5-13)39-17-10-14(6-9-16(17)33-40(36,37)24(26)27)21-20(22(28)35)23(31-30-21)29-18-11-19(38-3)34(2)32-18/h4-12,24,33H,1-3H3,(H2,28,35)(H2,29,30,31,32)/t12-/m0/s1. The number of aryl methyl sites for hydroxylation is 1. The zero-order valence-corrected chi connectivity index (χ0v) is 22.1. The van der Waals surface area contributed by atoms with Gasteiger partial charge in [0.25, 0.3) is 15.9 Å². The van der Waals surface area contributed by atoms with E-state index < -0.39 is 33.6 Å². The third-order valence-corrected chi connectivity index (χ3v) is 6.68. The number of hydrogen-bond acceptors (Lipinski definition) is 8. The molecule has 2 aromatic heterocycles. The van der Waals surface area contributed by atoms with Crippen LogP contribution in [0.3, 0.4) is 0 Å². The Bertz CT molecular complexity index is 1640. The van der Waals surface area contributed by atoms with Crippen molar-refractivity contribution < 1.29 is 35.9 Å². The van der Waals surface area contributed by atoms with Gasteiger partial charge in [0.15, 0.2) is 11.6 Å². The molecule has 0 radical (unpaired) electrons. The Morgan fingerprint density at radius 3 is 2.45 bits per heavy atom. The molecule has 0 aliphatic heterocycles. The molecule has 1 amide bonds. The number of alkyl halides is 2. The topological polar surface area (TPSA) is 166 Å². The van der Waals surface area contributed by atoms with Gasteiger partial charge in [0, 0.05) is 18.7 Å². The van der Waals surface area contributed by atoms with Crippen LogP contribution < -0.4 is 25.2 Å². The highest BCUT2D eigenvalue weighted by molar-refractivity contribution is 7.93. The number of nitrogens with two attached hydrogens (primary N) is 1. The van der Waals surface area contributed by atoms with Crippen LogP contribution in [-0.4, -0.2) is 47.2 Å². The third kappa shape index (κ3) is 5.96. The van der Waals surface area contributed by atoms with Gasteiger partial charge in [-0.2, -0.15) is 19.0 Å². The average Bonchev–Trinajstić information content (AvgIpc) is 3.48. The van der Waals surface area contributed by atoms with Gasteiger partial charge in [0.05, 0.1) is 18.5 Å². The molecule has 4 rings (SSSR count). The van der Waals surface area contributed by atoms with Gasteiger partial charge >= 0.3 is 5.76 Å². The Morgan fingerprint density at radius 2 is 1.85 bits per heavy atom. The Hall–Kier alpha value is -4.73. The number of nitrogens with one attached hydrogen (secondary N) is 3. The summed E-state index contributed by atoms with van der Waals surface area (Å²) in [4.78, 5) is 12.4. The predicted molar refractivity (Wildman–Crippen MR) is 140 cm³/mol. The monoisotopic (exact) mass is 579 g/mol. The van der Waals surface area contributed by atoms with Crippen LogP contribution in [0.15, 0.2) is 48.5 Å². The molecule has 2 aromatic carbocycles. The summed E-state index contributed by atoms with van der Waals surface area (Å²) >= 11 is 0. The van der Waals surface area contributed by atoms with Crippen LogP contribution in [0.5, 0.6) is 11.6 Å². The second-order valence-corrected chi connectivity index (χ2v) is 10.1. The van der Waals surface area contributed by atoms with Crippen LogP contribution >= 0.6 is 0 Å². The molecule has 0 aliphatic rings. The molecule has 0 aliphatic carbocycles. The van der Waals surface area contributed by atoms with E-state index in [1.54, 1.807) is 24.8 Å². The summed E-state index contributed by atoms with van der Waals surface area (Å²) in [5.74, 6) is -4.44. The molecule has 5 N–H and O–H groups in total. The Morgan fingerprint density at radius 1 is 1.15 bits per heavy atom. The molecule has 12 nitrogen and oxygen atoms in total. The zero-order chi connectivity index (χ0) is 29.2. The molecular weight excluding hydrogens is 555 g/mol. The highest BCUT2D eigenvalue weighted by Gasteiger charge is 2.27. The van der Waals surface area contributed by atoms with Crippen LogP contribution in [0.2, 0.25) is 0 Å². The maximum Gasteiger partial charge on any atom is 0.355 e. The number of aromatic amines is 1. The molecule has 4 aromatic rings. The van der Waals surface area contributed by atoms with Crippen molar-refractivity contribution in [2.45, 2.75) is 18.8 Å². The normalized spacial score (nSPS) is 12.3. The quantitative estimate of drug-likeness (QED) is 0.208. The first-order valence-corrected chi connectivity index (χ1v) is 13.0. The van der Waals surface area contributed by atoms with Crippen molar-refractivity contribution in [1.29, 1.82) is 0 Å². The van der Waals surface area contributed by atoms with E-state index in [0.717, 1.165) is 0 Å². The van der Waals surface area contributed by atoms with Crippen LogP contribution in [0, 0.1) is 5.82 Å². The van der Waals surface area contributed by atoms with E-state index in [-0.39, 0.29) is 34.1 Å². The van der Waals surface area contributed by atoms with Gasteiger partial charge in [0.1, 0.15) is 23.2 Å². The minimum Gasteiger partial charge on any atom is -0.484 e. The molecule has 0 saturated heterocycles. The lowest BCUT2D eigenvalue weighted by Crippen LogP contribution is -2.21. The first-order valence-electron chi connectivity index (χ1n) is 11.5. The Labute approximate surface area is 226 Å². The molecule has 0 unspecified atom stereocenters. The molecule has 40 heavy (non-hydrogen) atoms. The van der Waals surface area contributed by atoms with Crippen LogP contribution in [0.25, 0.3) is 11.3 Å². The van der Waals surface area contributed by atoms with E-state index in [0.29, 0.717) is 17.3 Å². The SMILES string of the molecule is COc1cc(Nc2n[nH]c(-c3ccc(NS(=O)(=O)C(F)F)c(O[C@@H](C)c4ccc(F)cc4)c3)c2C(N)=O)nn1C. The zero-order valence-electron chi connectivity index (χ0n) is 21.3. The third-order valence-electron chi connectivity index (χ3n) is 5.71. The lowest BCUT2D eigenvalue weighted by Gasteiger charge is -2.19. The number of carbonyl (C=O) groups is 1. The number of ether oxygens (including phenoxy) is 2. The number of hydrogen-bond donors (Lipinski definition) is 4. The number of benzene rings is 2. The molecule has 16 heteroatoms. The number of primary amides is 1. The summed E-state index contributed by atoms with van der Waals surface area (Å²) in [6, 6.07) is 10.7. The first kappa shape index (κ1) is 28.3. The molecule has 0 fully saturated rings. The van der Waals surface area contributed by atoms with E-state index in [9.17, 15) is 26.4 Å². The second kappa shape index (κ2) is 11.2. The van der Waals surface area contributed by atoms with Crippen LogP contribution in [0.4, 0.5) is 30.5 Å². The average molecular weight is 580 g/mol. The molecule has 0 bridgehead atoms. The van der Waals surface area contributed by atoms with Gasteiger partial charge in [-0.05, 0) is 36.8 Å². The fourth-order valence-electron chi connectivity index (χ4n) is 3.75. The summed E-state index contributed by atoms with van der Waals surface area (Å²) < 4.78 is 77.7. The number of halogens is 3. The minimum absolute atomic E-state index is 0.0351. The summed E-state index contributed by atoms with van der Waals surface area (Å²) in [7, 11) is -1.94. The summed E-state index contributed by atoms with van der Waals surface area (Å²) in [5.41, 5.74) is 6.18. The maximum atomic E-state index is 13.4. The number of anilines is 3. The highest BCUT2D eigenvalue weighted by Crippen LogP contribution is 2.37. The van der Waals surface area contributed by atoms with Crippen molar-refractivity contribution in [3.63, 3.8) is 0 Å². The fourth-order valence-corrected chi connectivity index (χ4v) is 4.32. The Kier molecular flexibility index (Phi) is 7.90. The number of aromatic nitrogens is 4. The van der Waals surface area contributed by atoms with E-state index in [1.807, 2.05) is 0 Å². The Balaban J connectivity index is 1.75. The van der Waals surface area contributed by atoms with Gasteiger partial charge < -0.3 is 20.5 Å². The van der Waals surface area contributed by atoms with Crippen LogP contribution in [-0.2, 0) is 17.1 Å². The molecular formula is C24H24F3N7O5S. The van der Waals surface area contributed by atoms with Gasteiger partial charge in [-0.25, -0.2) is 17.5 Å². The summed E-state index contributed by atoms with van der Waals surface area (Å²) in [6.07, 6.45) is -0.764. The predicted octanol–water partition coefficient (Wildman–Crippen LogP) is 3.90. The fraction of sp³-hybridized carbons (Fsp3) is 0.208. The maximum absolute atomic E-state index is 13.4. The van der Waals surface area contributed by atoms with Crippen molar-refractivity contribution >= 4 is 33.3 Å². The minimum atomic E-state index is -5.05. The molecule has 1 atom stereocenters. The number of rotatable bonds is 11. The van der Waals surface area contributed by atoms with E-state index in [2.05, 4.69) is 20.6 Å². The summed E-state index contributed by atoms with van der Waals surface area (Å²) in [6.45, 7) is 1.60. The number of sulfonamides is 1. The van der Waals surface area contributed by atoms with Crippen molar-refractivity contribution in [3.05, 3.63) is 65.5 Å². The van der Waals surface area contributed by atoms with E-state index >= 15 is 0 Å². The van der Waals surface area contributed by atoms with Gasteiger partial charge in [0.2, 0.25) is 5.88 Å². The van der Waals surface area contributed by atoms with Gasteiger partial charge in [-0.1, -0.05) is 18.2 Å². The summed E-state index contributed by atoms with van der Waals surface area (Å²) in [5, 5.41) is 13.9. The second-order valence-electron chi connectivity index (χ2n) is 8.44. The largest absolute Gasteiger partial charge is 0.484 e. The lowest BCUT2D eigenvalue weighted by molar-refractivity contribution is 0.100.